The van der Waals surface area contributed by atoms with Crippen molar-refractivity contribution in [2.75, 3.05) is 39.8 Å². The molecule has 2 bridgehead atoms. The number of allylic oxidation sites excluding steroid dienone is 6. The Bertz CT molecular complexity index is 2620. The van der Waals surface area contributed by atoms with Gasteiger partial charge in [0.1, 0.15) is 35.8 Å². The fourth-order valence-corrected chi connectivity index (χ4v) is 12.6. The number of nitrogens with zero attached hydrogens (tertiary/aromatic N) is 4. The topological polar surface area (TPSA) is 227 Å². The van der Waals surface area contributed by atoms with Crippen LogP contribution in [-0.4, -0.2) is 148 Å². The SMILES string of the molecule is CO[C@H]1C[C@@H]2CC[C@@H](C)[C@@](O)(O2)C(=O)C(=O)N2CCCC[C@H]2C(=O)O[C@H]([C@H](C)C[C@@H]2CC[C@@H](OCCCn3cc(CNc4ccc(Cl)cc4Cl)nn3)[C@H](OC)C2)CC(=O)[C@H](C)/C=C(\C)[C@@H](O)[C@@H](OC)C(=O)[C@H](C)C[C@H](C)/C=C/C=C/C=C/1C. The van der Waals surface area contributed by atoms with Crippen molar-refractivity contribution in [2.24, 2.45) is 35.5 Å². The van der Waals surface area contributed by atoms with Gasteiger partial charge in [0.2, 0.25) is 5.79 Å². The summed E-state index contributed by atoms with van der Waals surface area (Å²) in [5.74, 6) is -8.08. The number of cyclic esters (lactones) is 1. The number of benzene rings is 1. The number of fused-ring (bicyclic) bond motifs is 3. The number of halogens is 2. The van der Waals surface area contributed by atoms with Crippen LogP contribution in [0.3, 0.4) is 0 Å². The summed E-state index contributed by atoms with van der Waals surface area (Å²) in [5, 5.41) is 36.6. The third-order valence-electron chi connectivity index (χ3n) is 17.3. The zero-order chi connectivity index (χ0) is 60.5. The number of amides is 1. The molecule has 6 rings (SSSR count). The van der Waals surface area contributed by atoms with Gasteiger partial charge in [-0.1, -0.05) is 99.5 Å². The first kappa shape index (κ1) is 67.5. The molecular weight excluding hydrogens is 1110 g/mol. The molecule has 15 atom stereocenters. The molecule has 0 spiro atoms. The van der Waals surface area contributed by atoms with Crippen LogP contribution in [0.5, 0.6) is 0 Å². The van der Waals surface area contributed by atoms with Crippen molar-refractivity contribution in [1.82, 2.24) is 19.9 Å². The molecule has 1 saturated carbocycles. The molecule has 3 N–H and O–H groups in total. The van der Waals surface area contributed by atoms with Crippen molar-refractivity contribution in [1.29, 1.82) is 0 Å². The zero-order valence-electron chi connectivity index (χ0n) is 50.3. The second kappa shape index (κ2) is 32.2. The van der Waals surface area contributed by atoms with Crippen molar-refractivity contribution in [3.8, 4) is 0 Å². The zero-order valence-corrected chi connectivity index (χ0v) is 51.8. The van der Waals surface area contributed by atoms with Crippen LogP contribution < -0.4 is 5.32 Å². The van der Waals surface area contributed by atoms with Gasteiger partial charge >= 0.3 is 5.97 Å². The van der Waals surface area contributed by atoms with Gasteiger partial charge in [0.25, 0.3) is 11.7 Å². The number of piperidine rings is 1. The van der Waals surface area contributed by atoms with E-state index in [9.17, 15) is 34.2 Å². The molecule has 4 heterocycles. The van der Waals surface area contributed by atoms with Crippen LogP contribution in [0.2, 0.25) is 10.0 Å². The number of carbonyl (C=O) groups excluding carboxylic acids is 5. The van der Waals surface area contributed by atoms with E-state index in [-0.39, 0.29) is 60.9 Å². The summed E-state index contributed by atoms with van der Waals surface area (Å²) < 4.78 is 38.3. The number of Topliss-reactive ketones (excluding diaryl/α,β-unsaturated/α-hetero) is 3. The van der Waals surface area contributed by atoms with Crippen LogP contribution in [0.15, 0.2) is 72.0 Å². The number of carbonyl (C=O) groups is 5. The Hall–Kier alpha value is -4.63. The van der Waals surface area contributed by atoms with Gasteiger partial charge in [0.05, 0.1) is 47.9 Å². The molecule has 83 heavy (non-hydrogen) atoms. The fourth-order valence-electron chi connectivity index (χ4n) is 12.1. The lowest BCUT2D eigenvalue weighted by Crippen LogP contribution is -2.61. The Morgan fingerprint density at radius 2 is 1.66 bits per heavy atom. The van der Waals surface area contributed by atoms with E-state index in [1.54, 1.807) is 57.9 Å². The average molecular weight is 1200 g/mol. The van der Waals surface area contributed by atoms with Crippen LogP contribution in [0.25, 0.3) is 0 Å². The maximum atomic E-state index is 14.7. The number of rotatable bonds is 14. The van der Waals surface area contributed by atoms with Crippen LogP contribution in [0, 0.1) is 35.5 Å². The lowest BCUT2D eigenvalue weighted by Gasteiger charge is -2.42. The minimum Gasteiger partial charge on any atom is -0.460 e. The molecule has 1 aromatic carbocycles. The third-order valence-corrected chi connectivity index (χ3v) is 17.8. The minimum absolute atomic E-state index is 0.00550. The molecule has 460 valence electrons. The van der Waals surface area contributed by atoms with Gasteiger partial charge in [-0.3, -0.25) is 23.9 Å². The lowest BCUT2D eigenvalue weighted by atomic mass is 9.78. The van der Waals surface area contributed by atoms with E-state index in [0.717, 1.165) is 29.8 Å². The highest BCUT2D eigenvalue weighted by molar-refractivity contribution is 6.39. The molecule has 3 aliphatic heterocycles. The normalized spacial score (nSPS) is 34.2. The van der Waals surface area contributed by atoms with Crippen LogP contribution in [-0.2, 0) is 65.5 Å². The first-order chi connectivity index (χ1) is 39.6. The second-order valence-electron chi connectivity index (χ2n) is 23.7. The van der Waals surface area contributed by atoms with E-state index in [2.05, 4.69) is 15.6 Å². The number of anilines is 1. The Kier molecular flexibility index (Phi) is 26.2. The number of ketones is 3. The summed E-state index contributed by atoms with van der Waals surface area (Å²) in [6.45, 7) is 14.3. The van der Waals surface area contributed by atoms with E-state index in [0.29, 0.717) is 93.1 Å². The number of aliphatic hydroxyl groups is 2. The van der Waals surface area contributed by atoms with Crippen molar-refractivity contribution < 1.29 is 62.6 Å². The minimum atomic E-state index is -2.45. The molecule has 1 aromatic heterocycles. The van der Waals surface area contributed by atoms with E-state index >= 15 is 0 Å². The van der Waals surface area contributed by atoms with Gasteiger partial charge in [-0.2, -0.15) is 0 Å². The average Bonchev–Trinajstić information content (AvgIpc) is 3.39. The molecule has 1 amide bonds. The number of nitrogens with one attached hydrogen (secondary N) is 1. The number of hydrogen-bond acceptors (Lipinski definition) is 16. The summed E-state index contributed by atoms with van der Waals surface area (Å²) in [7, 11) is 4.64. The highest BCUT2D eigenvalue weighted by Crippen LogP contribution is 2.38. The summed E-state index contributed by atoms with van der Waals surface area (Å²) in [4.78, 5) is 73.0. The van der Waals surface area contributed by atoms with E-state index in [1.807, 2.05) is 70.3 Å². The van der Waals surface area contributed by atoms with Crippen LogP contribution in [0.1, 0.15) is 138 Å². The van der Waals surface area contributed by atoms with E-state index in [1.165, 1.54) is 12.0 Å². The van der Waals surface area contributed by atoms with Gasteiger partial charge in [0.15, 0.2) is 5.78 Å². The number of aliphatic hydroxyl groups excluding tert-OH is 1. The molecule has 1 aliphatic carbocycles. The molecule has 2 saturated heterocycles. The van der Waals surface area contributed by atoms with Crippen LogP contribution in [0.4, 0.5) is 5.69 Å². The Morgan fingerprint density at radius 3 is 2.39 bits per heavy atom. The molecule has 3 fully saturated rings. The number of hydrogen-bond donors (Lipinski definition) is 3. The number of aromatic nitrogens is 3. The maximum Gasteiger partial charge on any atom is 0.329 e. The molecular formula is C63H91Cl2N5O13. The predicted molar refractivity (Wildman–Crippen MR) is 317 cm³/mol. The van der Waals surface area contributed by atoms with Crippen molar-refractivity contribution in [3.05, 3.63) is 87.7 Å². The van der Waals surface area contributed by atoms with Crippen molar-refractivity contribution >= 4 is 58.1 Å². The molecule has 4 aliphatic rings. The smallest absolute Gasteiger partial charge is 0.329 e. The molecule has 18 nitrogen and oxygen atoms in total. The second-order valence-corrected chi connectivity index (χ2v) is 24.6. The molecule has 0 radical (unpaired) electrons. The summed E-state index contributed by atoms with van der Waals surface area (Å²) >= 11 is 12.4. The number of methoxy groups -OCH3 is 3. The quantitative estimate of drug-likeness (QED) is 0.0692. The van der Waals surface area contributed by atoms with Crippen molar-refractivity contribution in [3.63, 3.8) is 0 Å². The van der Waals surface area contributed by atoms with Gasteiger partial charge in [-0.05, 0) is 132 Å². The largest absolute Gasteiger partial charge is 0.460 e. The maximum absolute atomic E-state index is 14.7. The number of aryl methyl sites for hydroxylation is 1. The molecule has 2 aromatic rings. The van der Waals surface area contributed by atoms with Gasteiger partial charge in [0, 0.05) is 76.6 Å². The molecule has 0 unspecified atom stereocenters. The van der Waals surface area contributed by atoms with E-state index in [4.69, 9.17) is 51.6 Å². The first-order valence-corrected chi connectivity index (χ1v) is 30.5. The monoisotopic (exact) mass is 1200 g/mol. The highest BCUT2D eigenvalue weighted by atomic mass is 35.5. The Balaban J connectivity index is 1.18. The van der Waals surface area contributed by atoms with Crippen LogP contribution >= 0.6 is 23.2 Å². The van der Waals surface area contributed by atoms with Gasteiger partial charge in [-0.25, -0.2) is 4.79 Å². The summed E-state index contributed by atoms with van der Waals surface area (Å²) in [5.41, 5.74) is 2.76. The highest BCUT2D eigenvalue weighted by Gasteiger charge is 2.53. The Labute approximate surface area is 501 Å². The van der Waals surface area contributed by atoms with Crippen molar-refractivity contribution in [2.45, 2.75) is 200 Å². The lowest BCUT2D eigenvalue weighted by molar-refractivity contribution is -0.265. The Morgan fingerprint density at radius 1 is 0.892 bits per heavy atom. The van der Waals surface area contributed by atoms with E-state index < -0.39 is 77.8 Å². The first-order valence-electron chi connectivity index (χ1n) is 29.8. The van der Waals surface area contributed by atoms with Gasteiger partial charge in [-0.15, -0.1) is 5.10 Å². The van der Waals surface area contributed by atoms with Gasteiger partial charge < -0.3 is 48.9 Å². The summed E-state index contributed by atoms with van der Waals surface area (Å²) in [6, 6.07) is 4.09. The third kappa shape index (κ3) is 18.7. The fraction of sp³-hybridized carbons (Fsp3) is 0.667. The standard InChI is InChI=1S/C63H91Cl2N5O13/c1-38-17-12-11-13-18-39(2)54(78-8)34-48-23-20-44(7)63(77,83-48)60(74)61(75)70-27-15-14-19-51(70)62(76)82-55(35-52(71)40(3)30-43(6)58(73)59(80-10)57(72)42(5)29-38)41(4)31-45-21-25-53(56(32-45)79-9)81-28-16-26-69-37-47(67-68-69)36-66-50-24-22-46(64)33-49(50)65/h11-13,17-18,22,24,30,33,37-38,40-42,44-45,48,51,53-56,58-59,66,73,77H,14-16,19-21,23,25-29,31-32,34-36H2,1-10H3/b13-11+,17-12+,39-18+,43-30+/t38-,40-,41-,42-,44-,45+,48+,51+,53-,54+,55+,56-,58-,59+,63-/m1/s1. The predicted octanol–water partition coefficient (Wildman–Crippen LogP) is 9.81. The number of ether oxygens (including phenoxy) is 6. The number of esters is 1. The summed E-state index contributed by atoms with van der Waals surface area (Å²) in [6.07, 6.45) is 14.5. The molecule has 20 heteroatoms.